The highest BCUT2D eigenvalue weighted by molar-refractivity contribution is 5.61. The number of nitrogens with zero attached hydrogens (tertiary/aromatic N) is 3. The van der Waals surface area contributed by atoms with Crippen molar-refractivity contribution in [2.75, 3.05) is 0 Å². The quantitative estimate of drug-likeness (QED) is 0.731. The van der Waals surface area contributed by atoms with Gasteiger partial charge in [-0.1, -0.05) is 18.2 Å². The van der Waals surface area contributed by atoms with Crippen LogP contribution in [0.25, 0.3) is 16.9 Å². The van der Waals surface area contributed by atoms with E-state index in [9.17, 15) is 0 Å². The molecule has 0 amide bonds. The smallest absolute Gasteiger partial charge is 0.0726 e. The van der Waals surface area contributed by atoms with Crippen molar-refractivity contribution < 1.29 is 0 Å². The molecule has 0 aliphatic carbocycles. The highest BCUT2D eigenvalue weighted by Crippen LogP contribution is 2.21. The van der Waals surface area contributed by atoms with Gasteiger partial charge in [-0.05, 0) is 12.1 Å². The van der Waals surface area contributed by atoms with Gasteiger partial charge >= 0.3 is 0 Å². The molecule has 0 atom stereocenters. The van der Waals surface area contributed by atoms with Gasteiger partial charge in [0.2, 0.25) is 0 Å². The molecule has 0 unspecified atom stereocenters. The minimum Gasteiger partial charge on any atom is -0.326 e. The maximum Gasteiger partial charge on any atom is 0.0726 e. The van der Waals surface area contributed by atoms with Gasteiger partial charge in [-0.15, -0.1) is 0 Å². The van der Waals surface area contributed by atoms with Crippen molar-refractivity contribution in [3.8, 4) is 16.9 Å². The van der Waals surface area contributed by atoms with E-state index < -0.39 is 0 Å². The Balaban J connectivity index is 2.00. The van der Waals surface area contributed by atoms with Gasteiger partial charge in [0.25, 0.3) is 0 Å². The van der Waals surface area contributed by atoms with Crippen molar-refractivity contribution in [3.05, 3.63) is 54.5 Å². The zero-order chi connectivity index (χ0) is 12.4. The first kappa shape index (κ1) is 10.7. The zero-order valence-electron chi connectivity index (χ0n) is 9.74. The molecule has 3 N–H and O–H groups in total. The molecule has 0 aliphatic rings. The lowest BCUT2D eigenvalue weighted by Gasteiger charge is -1.99. The van der Waals surface area contributed by atoms with Crippen molar-refractivity contribution in [3.63, 3.8) is 0 Å². The summed E-state index contributed by atoms with van der Waals surface area (Å²) in [4.78, 5) is 0. The average Bonchev–Trinajstić information content (AvgIpc) is 3.08. The number of hydrogen-bond donors (Lipinski definition) is 2. The zero-order valence-corrected chi connectivity index (χ0v) is 9.74. The molecule has 1 aromatic carbocycles. The molecule has 2 heterocycles. The van der Waals surface area contributed by atoms with Crippen LogP contribution in [0.4, 0.5) is 0 Å². The number of H-pyrrole nitrogens is 1. The number of nitrogens with two attached hydrogens (primary N) is 1. The summed E-state index contributed by atoms with van der Waals surface area (Å²) in [5.74, 6) is 0. The Kier molecular flexibility index (Phi) is 2.66. The molecule has 3 rings (SSSR count). The van der Waals surface area contributed by atoms with E-state index in [1.165, 1.54) is 0 Å². The van der Waals surface area contributed by atoms with E-state index in [1.807, 2.05) is 41.2 Å². The summed E-state index contributed by atoms with van der Waals surface area (Å²) in [6.07, 6.45) is 5.51. The molecule has 90 valence electrons. The van der Waals surface area contributed by atoms with E-state index in [-0.39, 0.29) is 0 Å². The fourth-order valence-electron chi connectivity index (χ4n) is 1.89. The van der Waals surface area contributed by atoms with Crippen LogP contribution in [-0.2, 0) is 6.54 Å². The van der Waals surface area contributed by atoms with Gasteiger partial charge in [0.15, 0.2) is 0 Å². The van der Waals surface area contributed by atoms with E-state index in [2.05, 4.69) is 15.3 Å². The highest BCUT2D eigenvalue weighted by atomic mass is 15.3. The van der Waals surface area contributed by atoms with Gasteiger partial charge < -0.3 is 5.73 Å². The second-order valence-corrected chi connectivity index (χ2v) is 3.98. The normalized spacial score (nSPS) is 10.7. The fraction of sp³-hybridized carbons (Fsp3) is 0.0769. The fourth-order valence-corrected chi connectivity index (χ4v) is 1.89. The van der Waals surface area contributed by atoms with Crippen LogP contribution in [0.2, 0.25) is 0 Å². The Bertz CT molecular complexity index is 638. The summed E-state index contributed by atoms with van der Waals surface area (Å²) in [7, 11) is 0. The number of nitrogens with one attached hydrogen (secondary N) is 1. The lowest BCUT2D eigenvalue weighted by molar-refractivity contribution is 0.880. The lowest BCUT2D eigenvalue weighted by atomic mass is 10.1. The van der Waals surface area contributed by atoms with Crippen molar-refractivity contribution in [1.82, 2.24) is 20.0 Å². The van der Waals surface area contributed by atoms with E-state index in [0.29, 0.717) is 6.54 Å². The van der Waals surface area contributed by atoms with E-state index >= 15 is 0 Å². The van der Waals surface area contributed by atoms with E-state index in [4.69, 9.17) is 5.73 Å². The Hall–Kier alpha value is -2.40. The summed E-state index contributed by atoms with van der Waals surface area (Å²) in [5.41, 5.74) is 9.59. The molecule has 2 aromatic heterocycles. The van der Waals surface area contributed by atoms with E-state index in [0.717, 1.165) is 22.5 Å². The summed E-state index contributed by atoms with van der Waals surface area (Å²) in [6.45, 7) is 0.461. The van der Waals surface area contributed by atoms with Gasteiger partial charge in [0, 0.05) is 23.9 Å². The van der Waals surface area contributed by atoms with Gasteiger partial charge in [0.05, 0.1) is 23.8 Å². The second kappa shape index (κ2) is 4.46. The molecular weight excluding hydrogens is 226 g/mol. The van der Waals surface area contributed by atoms with Gasteiger partial charge in [-0.2, -0.15) is 10.2 Å². The first-order valence-electron chi connectivity index (χ1n) is 5.71. The molecule has 18 heavy (non-hydrogen) atoms. The first-order chi connectivity index (χ1) is 8.88. The standard InChI is InChI=1S/C13H13N5/c14-6-10-7-15-17-13(10)11-8-16-18(9-11)12-4-2-1-3-5-12/h1-5,7-9H,6,14H2,(H,15,17). The monoisotopic (exact) mass is 239 g/mol. The molecule has 0 radical (unpaired) electrons. The SMILES string of the molecule is NCc1cn[nH]c1-c1cnn(-c2ccccc2)c1. The third kappa shape index (κ3) is 1.80. The minimum atomic E-state index is 0.461. The molecule has 3 aromatic rings. The number of aromatic amines is 1. The molecule has 5 heteroatoms. The van der Waals surface area contributed by atoms with Gasteiger partial charge in [-0.3, -0.25) is 5.10 Å². The van der Waals surface area contributed by atoms with Crippen molar-refractivity contribution in [2.45, 2.75) is 6.54 Å². The minimum absolute atomic E-state index is 0.461. The summed E-state index contributed by atoms with van der Waals surface area (Å²) >= 11 is 0. The third-order valence-corrected chi connectivity index (χ3v) is 2.83. The van der Waals surface area contributed by atoms with E-state index in [1.54, 1.807) is 12.4 Å². The van der Waals surface area contributed by atoms with Crippen LogP contribution in [0.3, 0.4) is 0 Å². The molecule has 0 fully saturated rings. The molecule has 0 bridgehead atoms. The van der Waals surface area contributed by atoms with Gasteiger partial charge in [0.1, 0.15) is 0 Å². The predicted molar refractivity (Wildman–Crippen MR) is 69.0 cm³/mol. The third-order valence-electron chi connectivity index (χ3n) is 2.83. The Labute approximate surface area is 104 Å². The molecular formula is C13H13N5. The first-order valence-corrected chi connectivity index (χ1v) is 5.71. The average molecular weight is 239 g/mol. The molecule has 0 spiro atoms. The van der Waals surface area contributed by atoms with Crippen LogP contribution < -0.4 is 5.73 Å². The number of hydrogen-bond acceptors (Lipinski definition) is 3. The van der Waals surface area contributed by atoms with Crippen LogP contribution in [0.5, 0.6) is 0 Å². The maximum absolute atomic E-state index is 5.66. The predicted octanol–water partition coefficient (Wildman–Crippen LogP) is 1.72. The highest BCUT2D eigenvalue weighted by Gasteiger charge is 2.09. The summed E-state index contributed by atoms with van der Waals surface area (Å²) < 4.78 is 1.83. The van der Waals surface area contributed by atoms with Crippen molar-refractivity contribution >= 4 is 0 Å². The molecule has 0 aliphatic heterocycles. The molecule has 0 saturated heterocycles. The lowest BCUT2D eigenvalue weighted by Crippen LogP contribution is -1.96. The number of benzene rings is 1. The van der Waals surface area contributed by atoms with Crippen LogP contribution >= 0.6 is 0 Å². The van der Waals surface area contributed by atoms with Crippen LogP contribution in [0, 0.1) is 0 Å². The topological polar surface area (TPSA) is 72.5 Å². The Morgan fingerprint density at radius 2 is 2.00 bits per heavy atom. The van der Waals surface area contributed by atoms with Crippen LogP contribution in [0.15, 0.2) is 48.9 Å². The largest absolute Gasteiger partial charge is 0.326 e. The number of para-hydroxylation sites is 1. The molecule has 5 nitrogen and oxygen atoms in total. The molecule has 0 saturated carbocycles. The summed E-state index contributed by atoms with van der Waals surface area (Å²) in [5, 5.41) is 11.3. The maximum atomic E-state index is 5.66. The second-order valence-electron chi connectivity index (χ2n) is 3.98. The van der Waals surface area contributed by atoms with Crippen molar-refractivity contribution in [2.24, 2.45) is 5.73 Å². The number of aromatic nitrogens is 4. The summed E-state index contributed by atoms with van der Waals surface area (Å²) in [6, 6.07) is 9.97. The van der Waals surface area contributed by atoms with Gasteiger partial charge in [-0.25, -0.2) is 4.68 Å². The van der Waals surface area contributed by atoms with Crippen LogP contribution in [-0.4, -0.2) is 20.0 Å². The number of rotatable bonds is 3. The Morgan fingerprint density at radius 3 is 2.78 bits per heavy atom. The van der Waals surface area contributed by atoms with Crippen LogP contribution in [0.1, 0.15) is 5.56 Å². The Morgan fingerprint density at radius 1 is 1.17 bits per heavy atom. The van der Waals surface area contributed by atoms with Crippen molar-refractivity contribution in [1.29, 1.82) is 0 Å².